The molecule has 0 radical (unpaired) electrons. The molecule has 1 amide bonds. The molecule has 26 heavy (non-hydrogen) atoms. The van der Waals surface area contributed by atoms with Gasteiger partial charge in [0.2, 0.25) is 0 Å². The second kappa shape index (κ2) is 9.00. The van der Waals surface area contributed by atoms with Crippen molar-refractivity contribution >= 4 is 56.6 Å². The Morgan fingerprint density at radius 2 is 1.85 bits per heavy atom. The Bertz CT molecular complexity index is 819. The molecule has 0 bridgehead atoms. The zero-order valence-corrected chi connectivity index (χ0v) is 15.9. The van der Waals surface area contributed by atoms with Gasteiger partial charge in [0.15, 0.2) is 6.61 Å². The number of ether oxygens (including phenoxy) is 1. The quantitative estimate of drug-likeness (QED) is 0.626. The number of hydrogen-bond donors (Lipinski definition) is 1. The molecule has 0 spiro atoms. The number of carbonyl (C=O) groups excluding carboxylic acids is 2. The third-order valence-electron chi connectivity index (χ3n) is 4.08. The first-order valence-corrected chi connectivity index (χ1v) is 9.87. The van der Waals surface area contributed by atoms with Gasteiger partial charge in [-0.1, -0.05) is 54.3 Å². The average molecular weight is 389 g/mol. The Morgan fingerprint density at radius 1 is 1.12 bits per heavy atom. The third kappa shape index (κ3) is 5.19. The van der Waals surface area contributed by atoms with E-state index in [0.717, 1.165) is 41.0 Å². The second-order valence-corrected chi connectivity index (χ2v) is 7.63. The van der Waals surface area contributed by atoms with Crippen molar-refractivity contribution in [1.82, 2.24) is 4.90 Å². The number of rotatable bonds is 5. The Labute approximate surface area is 162 Å². The van der Waals surface area contributed by atoms with Crippen molar-refractivity contribution in [2.24, 2.45) is 0 Å². The standard InChI is InChI=1S/C19H20N2O3S2/c22-17(20-16-8-7-14-5-1-2-6-15(14)11-16)12-24-18(23)13-26-19(25)21-9-3-4-10-21/h1-2,5-8,11H,3-4,9-10,12-13H2,(H,20,22). The van der Waals surface area contributed by atoms with E-state index in [1.54, 1.807) is 0 Å². The van der Waals surface area contributed by atoms with Crippen molar-refractivity contribution in [3.05, 3.63) is 42.5 Å². The molecule has 136 valence electrons. The fourth-order valence-corrected chi connectivity index (χ4v) is 3.81. The Balaban J connectivity index is 1.41. The first-order valence-electron chi connectivity index (χ1n) is 8.48. The molecule has 5 nitrogen and oxygen atoms in total. The average Bonchev–Trinajstić information content (AvgIpc) is 3.19. The SMILES string of the molecule is O=C(COC(=O)CSC(=S)N1CCCC1)Nc1ccc2ccccc2c1. The van der Waals surface area contributed by atoms with Crippen LogP contribution in [0.5, 0.6) is 0 Å². The lowest BCUT2D eigenvalue weighted by atomic mass is 10.1. The minimum atomic E-state index is -0.440. The van der Waals surface area contributed by atoms with Crippen LogP contribution < -0.4 is 5.32 Å². The minimum Gasteiger partial charge on any atom is -0.455 e. The van der Waals surface area contributed by atoms with Gasteiger partial charge in [-0.2, -0.15) is 0 Å². The predicted molar refractivity (Wildman–Crippen MR) is 109 cm³/mol. The van der Waals surface area contributed by atoms with E-state index >= 15 is 0 Å². The maximum absolute atomic E-state index is 12.0. The van der Waals surface area contributed by atoms with E-state index in [0.29, 0.717) is 5.69 Å². The Morgan fingerprint density at radius 3 is 2.62 bits per heavy atom. The number of thiocarbonyl (C=S) groups is 1. The van der Waals surface area contributed by atoms with Crippen molar-refractivity contribution in [3.8, 4) is 0 Å². The van der Waals surface area contributed by atoms with Gasteiger partial charge in [0.25, 0.3) is 5.91 Å². The monoisotopic (exact) mass is 388 g/mol. The number of anilines is 1. The topological polar surface area (TPSA) is 58.6 Å². The van der Waals surface area contributed by atoms with Gasteiger partial charge in [-0.25, -0.2) is 0 Å². The molecule has 0 aliphatic carbocycles. The molecule has 1 saturated heterocycles. The molecule has 0 atom stereocenters. The summed E-state index contributed by atoms with van der Waals surface area (Å²) in [5.74, 6) is -0.676. The van der Waals surface area contributed by atoms with Gasteiger partial charge in [0.1, 0.15) is 4.32 Å². The van der Waals surface area contributed by atoms with E-state index < -0.39 is 5.97 Å². The number of fused-ring (bicyclic) bond motifs is 1. The number of nitrogens with one attached hydrogen (secondary N) is 1. The van der Waals surface area contributed by atoms with Crippen molar-refractivity contribution in [1.29, 1.82) is 0 Å². The van der Waals surface area contributed by atoms with E-state index in [4.69, 9.17) is 17.0 Å². The fourth-order valence-electron chi connectivity index (χ4n) is 2.76. The van der Waals surface area contributed by atoms with Crippen LogP contribution in [-0.4, -0.2) is 46.5 Å². The van der Waals surface area contributed by atoms with Gasteiger partial charge in [0.05, 0.1) is 5.75 Å². The number of benzene rings is 2. The molecule has 1 fully saturated rings. The highest BCUT2D eigenvalue weighted by Crippen LogP contribution is 2.19. The first kappa shape index (κ1) is 18.7. The number of hydrogen-bond acceptors (Lipinski definition) is 5. The third-order valence-corrected chi connectivity index (χ3v) is 5.57. The van der Waals surface area contributed by atoms with Crippen LogP contribution in [0.3, 0.4) is 0 Å². The zero-order valence-electron chi connectivity index (χ0n) is 14.3. The summed E-state index contributed by atoms with van der Waals surface area (Å²) in [6.07, 6.45) is 2.28. The summed E-state index contributed by atoms with van der Waals surface area (Å²) in [4.78, 5) is 25.9. The van der Waals surface area contributed by atoms with E-state index in [9.17, 15) is 9.59 Å². The van der Waals surface area contributed by atoms with E-state index in [1.807, 2.05) is 42.5 Å². The summed E-state index contributed by atoms with van der Waals surface area (Å²) >= 11 is 6.58. The molecular formula is C19H20N2O3S2. The largest absolute Gasteiger partial charge is 0.455 e. The van der Waals surface area contributed by atoms with Crippen LogP contribution in [0.2, 0.25) is 0 Å². The summed E-state index contributed by atoms with van der Waals surface area (Å²) in [5.41, 5.74) is 0.675. The highest BCUT2D eigenvalue weighted by atomic mass is 32.2. The van der Waals surface area contributed by atoms with Gasteiger partial charge < -0.3 is 15.0 Å². The molecule has 1 N–H and O–H groups in total. The van der Waals surface area contributed by atoms with Crippen LogP contribution in [0.25, 0.3) is 10.8 Å². The minimum absolute atomic E-state index is 0.124. The number of thioether (sulfide) groups is 1. The van der Waals surface area contributed by atoms with Crippen LogP contribution in [-0.2, 0) is 14.3 Å². The maximum atomic E-state index is 12.0. The van der Waals surface area contributed by atoms with Crippen molar-refractivity contribution in [2.45, 2.75) is 12.8 Å². The molecule has 1 heterocycles. The number of likely N-dealkylation sites (tertiary alicyclic amines) is 1. The van der Waals surface area contributed by atoms with Crippen LogP contribution >= 0.6 is 24.0 Å². The molecule has 0 saturated carbocycles. The molecule has 7 heteroatoms. The molecule has 0 aromatic heterocycles. The molecule has 0 unspecified atom stereocenters. The van der Waals surface area contributed by atoms with Crippen LogP contribution in [0.15, 0.2) is 42.5 Å². The lowest BCUT2D eigenvalue weighted by Gasteiger charge is -2.17. The summed E-state index contributed by atoms with van der Waals surface area (Å²) in [6, 6.07) is 13.5. The molecule has 2 aromatic carbocycles. The summed E-state index contributed by atoms with van der Waals surface area (Å²) in [5, 5.41) is 4.88. The smallest absolute Gasteiger partial charge is 0.316 e. The Kier molecular flexibility index (Phi) is 6.46. The lowest BCUT2D eigenvalue weighted by Crippen LogP contribution is -2.25. The van der Waals surface area contributed by atoms with Gasteiger partial charge in [-0.3, -0.25) is 9.59 Å². The zero-order chi connectivity index (χ0) is 18.4. The molecule has 1 aliphatic heterocycles. The number of esters is 1. The molecule has 2 aromatic rings. The van der Waals surface area contributed by atoms with E-state index in [1.165, 1.54) is 11.8 Å². The van der Waals surface area contributed by atoms with E-state index in [-0.39, 0.29) is 18.3 Å². The van der Waals surface area contributed by atoms with Crippen LogP contribution in [0, 0.1) is 0 Å². The number of amides is 1. The van der Waals surface area contributed by atoms with Crippen LogP contribution in [0.4, 0.5) is 5.69 Å². The fraction of sp³-hybridized carbons (Fsp3) is 0.316. The normalized spacial score (nSPS) is 13.6. The summed E-state index contributed by atoms with van der Waals surface area (Å²) in [6.45, 7) is 1.60. The highest BCUT2D eigenvalue weighted by molar-refractivity contribution is 8.23. The highest BCUT2D eigenvalue weighted by Gasteiger charge is 2.17. The predicted octanol–water partition coefficient (Wildman–Crippen LogP) is 3.44. The lowest BCUT2D eigenvalue weighted by molar-refractivity contribution is -0.144. The first-order chi connectivity index (χ1) is 12.6. The van der Waals surface area contributed by atoms with Gasteiger partial charge >= 0.3 is 5.97 Å². The van der Waals surface area contributed by atoms with Crippen molar-refractivity contribution < 1.29 is 14.3 Å². The molecule has 3 rings (SSSR count). The molecular weight excluding hydrogens is 368 g/mol. The van der Waals surface area contributed by atoms with Gasteiger partial charge in [-0.05, 0) is 35.7 Å². The van der Waals surface area contributed by atoms with E-state index in [2.05, 4.69) is 10.2 Å². The van der Waals surface area contributed by atoms with Gasteiger partial charge in [0, 0.05) is 18.8 Å². The second-order valence-electron chi connectivity index (χ2n) is 6.02. The summed E-state index contributed by atoms with van der Waals surface area (Å²) in [7, 11) is 0. The molecule has 1 aliphatic rings. The van der Waals surface area contributed by atoms with Gasteiger partial charge in [-0.15, -0.1) is 0 Å². The van der Waals surface area contributed by atoms with Crippen molar-refractivity contribution in [3.63, 3.8) is 0 Å². The number of nitrogens with zero attached hydrogens (tertiary/aromatic N) is 1. The van der Waals surface area contributed by atoms with Crippen LogP contribution in [0.1, 0.15) is 12.8 Å². The number of carbonyl (C=O) groups is 2. The summed E-state index contributed by atoms with van der Waals surface area (Å²) < 4.78 is 5.75. The Hall–Kier alpha value is -2.12. The van der Waals surface area contributed by atoms with Crippen molar-refractivity contribution in [2.75, 3.05) is 30.8 Å². The maximum Gasteiger partial charge on any atom is 0.316 e.